The van der Waals surface area contributed by atoms with E-state index in [1.807, 2.05) is 0 Å². The highest BCUT2D eigenvalue weighted by molar-refractivity contribution is 5.74. The number of piperidine rings is 1. The van der Waals surface area contributed by atoms with Gasteiger partial charge in [-0.15, -0.1) is 0 Å². The average Bonchev–Trinajstić information content (AvgIpc) is 3.22. The number of H-pyrrole nitrogens is 1. The number of carboxylic acid groups (broad SMARTS) is 1. The maximum Gasteiger partial charge on any atom is 0.320 e. The summed E-state index contributed by atoms with van der Waals surface area (Å²) in [6.07, 6.45) is 4.48. The maximum atomic E-state index is 13.2. The second kappa shape index (κ2) is 6.81. The number of aromatic nitrogens is 2. The normalized spacial score (nSPS) is 22.7. The molecule has 7 heteroatoms. The minimum atomic E-state index is -0.757. The fraction of sp³-hybridized carbons (Fsp3) is 0.474. The first-order valence-corrected chi connectivity index (χ1v) is 9.02. The number of nitrogens with zero attached hydrogens (tertiary/aromatic N) is 2. The van der Waals surface area contributed by atoms with Gasteiger partial charge in [0.1, 0.15) is 11.9 Å². The van der Waals surface area contributed by atoms with Crippen molar-refractivity contribution in [3.8, 4) is 11.3 Å². The van der Waals surface area contributed by atoms with Crippen LogP contribution in [0, 0.1) is 11.2 Å². The largest absolute Gasteiger partial charge is 0.480 e. The Kier molecular flexibility index (Phi) is 4.50. The van der Waals surface area contributed by atoms with Crippen molar-refractivity contribution in [2.75, 3.05) is 19.6 Å². The van der Waals surface area contributed by atoms with Crippen LogP contribution in [-0.4, -0.2) is 51.8 Å². The lowest BCUT2D eigenvalue weighted by molar-refractivity contribution is -0.142. The van der Waals surface area contributed by atoms with Gasteiger partial charge in [0.15, 0.2) is 0 Å². The molecule has 0 bridgehead atoms. The van der Waals surface area contributed by atoms with E-state index in [0.29, 0.717) is 13.0 Å². The average molecular weight is 358 g/mol. The summed E-state index contributed by atoms with van der Waals surface area (Å²) >= 11 is 0. The number of aliphatic carboxylic acids is 1. The molecule has 6 nitrogen and oxygen atoms in total. The molecule has 1 spiro atoms. The van der Waals surface area contributed by atoms with Crippen LogP contribution in [0.3, 0.4) is 0 Å². The lowest BCUT2D eigenvalue weighted by Crippen LogP contribution is -2.38. The van der Waals surface area contributed by atoms with Crippen LogP contribution < -0.4 is 5.32 Å². The third-order valence-corrected chi connectivity index (χ3v) is 5.78. The number of carboxylic acids is 1. The molecule has 1 aromatic carbocycles. The van der Waals surface area contributed by atoms with Crippen molar-refractivity contribution in [2.24, 2.45) is 5.41 Å². The number of aromatic amines is 1. The Hall–Kier alpha value is -2.25. The van der Waals surface area contributed by atoms with E-state index >= 15 is 0 Å². The van der Waals surface area contributed by atoms with Crippen molar-refractivity contribution in [1.82, 2.24) is 20.4 Å². The third-order valence-electron chi connectivity index (χ3n) is 5.78. The Morgan fingerprint density at radius 1 is 1.31 bits per heavy atom. The fourth-order valence-electron chi connectivity index (χ4n) is 4.39. The first-order valence-electron chi connectivity index (χ1n) is 9.02. The fourth-order valence-corrected chi connectivity index (χ4v) is 4.39. The van der Waals surface area contributed by atoms with Crippen molar-refractivity contribution in [2.45, 2.75) is 31.8 Å². The van der Waals surface area contributed by atoms with Crippen molar-refractivity contribution >= 4 is 5.97 Å². The van der Waals surface area contributed by atoms with Gasteiger partial charge in [0.25, 0.3) is 0 Å². The third kappa shape index (κ3) is 3.24. The summed E-state index contributed by atoms with van der Waals surface area (Å²) in [5.74, 6) is -1.04. The second-order valence-corrected chi connectivity index (χ2v) is 7.49. The molecule has 2 aliphatic heterocycles. The van der Waals surface area contributed by atoms with E-state index in [2.05, 4.69) is 20.4 Å². The zero-order valence-electron chi connectivity index (χ0n) is 14.5. The Morgan fingerprint density at radius 2 is 2.04 bits per heavy atom. The Balaban J connectivity index is 1.57. The van der Waals surface area contributed by atoms with Crippen molar-refractivity contribution in [1.29, 1.82) is 0 Å². The Bertz CT molecular complexity index is 783. The van der Waals surface area contributed by atoms with Crippen LogP contribution >= 0.6 is 0 Å². The van der Waals surface area contributed by atoms with Gasteiger partial charge in [-0.1, -0.05) is 0 Å². The molecular weight excluding hydrogens is 335 g/mol. The molecule has 2 fully saturated rings. The minimum Gasteiger partial charge on any atom is -0.480 e. The van der Waals surface area contributed by atoms with Crippen molar-refractivity contribution in [3.63, 3.8) is 0 Å². The van der Waals surface area contributed by atoms with Crippen LogP contribution in [0.1, 0.15) is 24.8 Å². The molecule has 2 aromatic rings. The monoisotopic (exact) mass is 358 g/mol. The van der Waals surface area contributed by atoms with Crippen LogP contribution in [0.2, 0.25) is 0 Å². The predicted molar refractivity (Wildman–Crippen MR) is 95.0 cm³/mol. The molecule has 1 atom stereocenters. The van der Waals surface area contributed by atoms with Gasteiger partial charge in [0.05, 0.1) is 11.9 Å². The summed E-state index contributed by atoms with van der Waals surface area (Å²) in [5, 5.41) is 20.2. The van der Waals surface area contributed by atoms with Gasteiger partial charge in [0.2, 0.25) is 0 Å². The minimum absolute atomic E-state index is 0.0914. The highest BCUT2D eigenvalue weighted by Gasteiger charge is 2.47. The molecule has 3 heterocycles. The molecule has 3 N–H and O–H groups in total. The molecule has 2 saturated heterocycles. The lowest BCUT2D eigenvalue weighted by Gasteiger charge is -2.33. The number of rotatable bonds is 4. The van der Waals surface area contributed by atoms with Crippen LogP contribution in [0.15, 0.2) is 30.5 Å². The summed E-state index contributed by atoms with van der Waals surface area (Å²) in [6.45, 7) is 3.22. The molecule has 138 valence electrons. The quantitative estimate of drug-likeness (QED) is 0.781. The summed E-state index contributed by atoms with van der Waals surface area (Å²) in [5.41, 5.74) is 2.70. The van der Waals surface area contributed by atoms with Crippen LogP contribution in [0.25, 0.3) is 11.3 Å². The summed E-state index contributed by atoms with van der Waals surface area (Å²) in [4.78, 5) is 13.9. The second-order valence-electron chi connectivity index (χ2n) is 7.49. The lowest BCUT2D eigenvalue weighted by atomic mass is 9.77. The van der Waals surface area contributed by atoms with Crippen LogP contribution in [0.4, 0.5) is 4.39 Å². The van der Waals surface area contributed by atoms with Gasteiger partial charge in [0, 0.05) is 24.2 Å². The number of benzene rings is 1. The van der Waals surface area contributed by atoms with E-state index < -0.39 is 12.0 Å². The molecular formula is C19H23FN4O2. The van der Waals surface area contributed by atoms with E-state index in [1.165, 1.54) is 12.1 Å². The van der Waals surface area contributed by atoms with Gasteiger partial charge >= 0.3 is 5.97 Å². The molecule has 0 aliphatic carbocycles. The summed E-state index contributed by atoms with van der Waals surface area (Å²) < 4.78 is 13.2. The summed E-state index contributed by atoms with van der Waals surface area (Å²) in [6, 6.07) is 5.78. The number of halogens is 1. The molecule has 0 amide bonds. The zero-order chi connectivity index (χ0) is 18.1. The van der Waals surface area contributed by atoms with E-state index in [4.69, 9.17) is 0 Å². The van der Waals surface area contributed by atoms with E-state index in [-0.39, 0.29) is 11.2 Å². The first kappa shape index (κ1) is 17.2. The predicted octanol–water partition coefficient (Wildman–Crippen LogP) is 2.24. The van der Waals surface area contributed by atoms with Gasteiger partial charge in [-0.25, -0.2) is 4.39 Å². The van der Waals surface area contributed by atoms with E-state index in [9.17, 15) is 14.3 Å². The van der Waals surface area contributed by atoms with Gasteiger partial charge in [-0.2, -0.15) is 5.10 Å². The first-order chi connectivity index (χ1) is 12.6. The van der Waals surface area contributed by atoms with Crippen molar-refractivity contribution < 1.29 is 14.3 Å². The van der Waals surface area contributed by atoms with Gasteiger partial charge < -0.3 is 10.4 Å². The Morgan fingerprint density at radius 3 is 2.73 bits per heavy atom. The van der Waals surface area contributed by atoms with Gasteiger partial charge in [-0.05, 0) is 62.0 Å². The van der Waals surface area contributed by atoms with Crippen molar-refractivity contribution in [3.05, 3.63) is 41.8 Å². The van der Waals surface area contributed by atoms with Crippen LogP contribution in [0.5, 0.6) is 0 Å². The van der Waals surface area contributed by atoms with Gasteiger partial charge in [-0.3, -0.25) is 14.8 Å². The smallest absolute Gasteiger partial charge is 0.320 e. The Labute approximate surface area is 151 Å². The molecule has 0 saturated carbocycles. The number of hydrogen-bond donors (Lipinski definition) is 3. The zero-order valence-corrected chi connectivity index (χ0v) is 14.5. The highest BCUT2D eigenvalue weighted by Crippen LogP contribution is 2.43. The highest BCUT2D eigenvalue weighted by atomic mass is 19.1. The molecule has 2 aliphatic rings. The van der Waals surface area contributed by atoms with E-state index in [1.54, 1.807) is 18.3 Å². The molecule has 0 radical (unpaired) electrons. The number of nitrogens with one attached hydrogen (secondary N) is 2. The van der Waals surface area contributed by atoms with E-state index in [0.717, 1.165) is 49.3 Å². The molecule has 1 aromatic heterocycles. The standard InChI is InChI=1S/C19H23FN4O2/c20-15-3-1-13(2-4-15)17-14(10-22-23-17)11-24-12-19(5-7-21-8-6-19)9-16(24)18(25)26/h1-4,10,16,21H,5-9,11-12H2,(H,22,23)(H,25,26)/t16-/m0/s1. The molecule has 26 heavy (non-hydrogen) atoms. The SMILES string of the molecule is O=C(O)[C@@H]1CC2(CCNCC2)CN1Cc1cn[nH]c1-c1ccc(F)cc1. The number of carbonyl (C=O) groups is 1. The topological polar surface area (TPSA) is 81.2 Å². The maximum absolute atomic E-state index is 13.2. The number of likely N-dealkylation sites (tertiary alicyclic amines) is 1. The molecule has 4 rings (SSSR count). The van der Waals surface area contributed by atoms with Crippen LogP contribution in [-0.2, 0) is 11.3 Å². The number of hydrogen-bond acceptors (Lipinski definition) is 4. The molecule has 0 unspecified atom stereocenters. The summed E-state index contributed by atoms with van der Waals surface area (Å²) in [7, 11) is 0.